The first-order chi connectivity index (χ1) is 8.51. The van der Waals surface area contributed by atoms with E-state index >= 15 is 0 Å². The van der Waals surface area contributed by atoms with Crippen LogP contribution >= 0.6 is 15.9 Å². The number of aliphatic hydroxyl groups excluding tert-OH is 1. The number of anilines is 1. The second kappa shape index (κ2) is 7.04. The lowest BCUT2D eigenvalue weighted by Crippen LogP contribution is -2.32. The molecule has 1 atom stereocenters. The predicted octanol–water partition coefficient (Wildman–Crippen LogP) is 1.49. The van der Waals surface area contributed by atoms with Gasteiger partial charge >= 0.3 is 0 Å². The fourth-order valence-corrected chi connectivity index (χ4v) is 2.19. The van der Waals surface area contributed by atoms with E-state index in [0.29, 0.717) is 22.3 Å². The van der Waals surface area contributed by atoms with Gasteiger partial charge in [-0.3, -0.25) is 0 Å². The van der Waals surface area contributed by atoms with Gasteiger partial charge in [0.05, 0.1) is 22.9 Å². The summed E-state index contributed by atoms with van der Waals surface area (Å²) in [6.07, 6.45) is -0.660. The van der Waals surface area contributed by atoms with Crippen LogP contribution in [0.15, 0.2) is 16.6 Å². The molecule has 0 saturated heterocycles. The lowest BCUT2D eigenvalue weighted by Gasteiger charge is -2.23. The van der Waals surface area contributed by atoms with Gasteiger partial charge in [0.25, 0.3) is 0 Å². The summed E-state index contributed by atoms with van der Waals surface area (Å²) in [6.45, 7) is 0.779. The summed E-state index contributed by atoms with van der Waals surface area (Å²) in [5.41, 5.74) is 6.62. The molecule has 1 unspecified atom stereocenters. The molecule has 0 aliphatic carbocycles. The highest BCUT2D eigenvalue weighted by molar-refractivity contribution is 9.10. The van der Waals surface area contributed by atoms with Crippen LogP contribution in [-0.4, -0.2) is 38.5 Å². The zero-order chi connectivity index (χ0) is 13.7. The minimum atomic E-state index is -0.660. The predicted molar refractivity (Wildman–Crippen MR) is 73.1 cm³/mol. The van der Waals surface area contributed by atoms with Crippen molar-refractivity contribution in [1.82, 2.24) is 0 Å². The van der Waals surface area contributed by atoms with Gasteiger partial charge in [-0.2, -0.15) is 0 Å². The average molecular weight is 321 g/mol. The van der Waals surface area contributed by atoms with E-state index in [2.05, 4.69) is 15.9 Å². The highest BCUT2D eigenvalue weighted by atomic mass is 79.9. The molecule has 0 bridgehead atoms. The summed E-state index contributed by atoms with van der Waals surface area (Å²) in [4.78, 5) is 1.64. The van der Waals surface area contributed by atoms with Crippen molar-refractivity contribution in [2.45, 2.75) is 12.6 Å². The van der Waals surface area contributed by atoms with E-state index in [4.69, 9.17) is 10.5 Å². The molecule has 18 heavy (non-hydrogen) atoms. The molecule has 1 rings (SSSR count). The molecule has 0 aliphatic rings. The molecule has 1 aromatic rings. The van der Waals surface area contributed by atoms with E-state index in [1.807, 2.05) is 0 Å². The molecule has 0 amide bonds. The van der Waals surface area contributed by atoms with Crippen molar-refractivity contribution in [3.05, 3.63) is 28.0 Å². The molecular formula is C12H18BrFN2O2. The van der Waals surface area contributed by atoms with Gasteiger partial charge < -0.3 is 20.5 Å². The molecule has 1 aromatic carbocycles. The van der Waals surface area contributed by atoms with Gasteiger partial charge in [0.15, 0.2) is 5.82 Å². The lowest BCUT2D eigenvalue weighted by atomic mass is 10.2. The minimum Gasteiger partial charge on any atom is -0.389 e. The Morgan fingerprint density at radius 3 is 2.78 bits per heavy atom. The number of aliphatic hydroxyl groups is 1. The normalized spacial score (nSPS) is 12.6. The van der Waals surface area contributed by atoms with Crippen LogP contribution in [0, 0.1) is 5.82 Å². The van der Waals surface area contributed by atoms with Crippen LogP contribution in [0.2, 0.25) is 0 Å². The Morgan fingerprint density at radius 1 is 1.56 bits per heavy atom. The van der Waals surface area contributed by atoms with Gasteiger partial charge in [-0.25, -0.2) is 4.39 Å². The highest BCUT2D eigenvalue weighted by Crippen LogP contribution is 2.28. The summed E-state index contributed by atoms with van der Waals surface area (Å²) < 4.78 is 19.3. The molecule has 4 nitrogen and oxygen atoms in total. The summed E-state index contributed by atoms with van der Waals surface area (Å²) in [5.74, 6) is -0.370. The molecule has 0 heterocycles. The SMILES string of the molecule is COCC(O)CN(C)c1ccc(CN)c(Br)c1F. The Morgan fingerprint density at radius 2 is 2.22 bits per heavy atom. The third-order valence-corrected chi connectivity index (χ3v) is 3.47. The molecule has 0 aliphatic heterocycles. The monoisotopic (exact) mass is 320 g/mol. The lowest BCUT2D eigenvalue weighted by molar-refractivity contribution is 0.0694. The number of methoxy groups -OCH3 is 1. The van der Waals surface area contributed by atoms with Crippen LogP contribution in [0.5, 0.6) is 0 Å². The first-order valence-electron chi connectivity index (χ1n) is 5.56. The molecule has 0 fully saturated rings. The molecule has 6 heteroatoms. The van der Waals surface area contributed by atoms with Crippen molar-refractivity contribution < 1.29 is 14.2 Å². The van der Waals surface area contributed by atoms with Crippen molar-refractivity contribution in [3.63, 3.8) is 0 Å². The third-order valence-electron chi connectivity index (χ3n) is 2.62. The van der Waals surface area contributed by atoms with Gasteiger partial charge in [-0.1, -0.05) is 6.07 Å². The Labute approximate surface area is 115 Å². The van der Waals surface area contributed by atoms with Gasteiger partial charge in [-0.05, 0) is 27.6 Å². The van der Waals surface area contributed by atoms with Crippen molar-refractivity contribution >= 4 is 21.6 Å². The fraction of sp³-hybridized carbons (Fsp3) is 0.500. The maximum absolute atomic E-state index is 14.1. The van der Waals surface area contributed by atoms with E-state index in [0.717, 1.165) is 0 Å². The van der Waals surface area contributed by atoms with Crippen molar-refractivity contribution in [3.8, 4) is 0 Å². The number of nitrogens with two attached hydrogens (primary N) is 1. The van der Waals surface area contributed by atoms with Crippen LogP contribution in [0.1, 0.15) is 5.56 Å². The van der Waals surface area contributed by atoms with E-state index in [-0.39, 0.29) is 19.0 Å². The maximum Gasteiger partial charge on any atom is 0.160 e. The van der Waals surface area contributed by atoms with Gasteiger partial charge in [-0.15, -0.1) is 0 Å². The molecule has 0 spiro atoms. The third kappa shape index (κ3) is 3.65. The number of rotatable bonds is 6. The molecule has 3 N–H and O–H groups in total. The van der Waals surface area contributed by atoms with Crippen LogP contribution in [0.4, 0.5) is 10.1 Å². The smallest absolute Gasteiger partial charge is 0.160 e. The van der Waals surface area contributed by atoms with E-state index in [1.165, 1.54) is 7.11 Å². The van der Waals surface area contributed by atoms with Crippen LogP contribution < -0.4 is 10.6 Å². The zero-order valence-corrected chi connectivity index (χ0v) is 12.1. The topological polar surface area (TPSA) is 58.7 Å². The number of ether oxygens (including phenoxy) is 1. The summed E-state index contributed by atoms with van der Waals surface area (Å²) >= 11 is 3.19. The summed E-state index contributed by atoms with van der Waals surface area (Å²) in [5, 5.41) is 9.62. The van der Waals surface area contributed by atoms with Crippen LogP contribution in [0.25, 0.3) is 0 Å². The van der Waals surface area contributed by atoms with Crippen LogP contribution in [0.3, 0.4) is 0 Å². The molecule has 0 saturated carbocycles. The van der Waals surface area contributed by atoms with Crippen molar-refractivity contribution in [2.75, 3.05) is 32.2 Å². The van der Waals surface area contributed by atoms with Crippen molar-refractivity contribution in [1.29, 1.82) is 0 Å². The second-order valence-electron chi connectivity index (χ2n) is 4.07. The largest absolute Gasteiger partial charge is 0.389 e. The molecular weight excluding hydrogens is 303 g/mol. The number of nitrogens with zero attached hydrogens (tertiary/aromatic N) is 1. The van der Waals surface area contributed by atoms with Crippen molar-refractivity contribution in [2.24, 2.45) is 5.73 Å². The number of hydrogen-bond donors (Lipinski definition) is 2. The Hall–Kier alpha value is -0.690. The van der Waals surface area contributed by atoms with Gasteiger partial charge in [0, 0.05) is 27.2 Å². The van der Waals surface area contributed by atoms with Gasteiger partial charge in [0.2, 0.25) is 0 Å². The average Bonchev–Trinajstić information content (AvgIpc) is 2.32. The Bertz CT molecular complexity index is 404. The molecule has 102 valence electrons. The highest BCUT2D eigenvalue weighted by Gasteiger charge is 2.16. The Balaban J connectivity index is 2.86. The van der Waals surface area contributed by atoms with E-state index < -0.39 is 6.10 Å². The number of likely N-dealkylation sites (N-methyl/N-ethyl adjacent to an activating group) is 1. The maximum atomic E-state index is 14.1. The zero-order valence-electron chi connectivity index (χ0n) is 10.5. The number of halogens is 2. The van der Waals surface area contributed by atoms with Gasteiger partial charge in [0.1, 0.15) is 0 Å². The first-order valence-corrected chi connectivity index (χ1v) is 6.35. The quantitative estimate of drug-likeness (QED) is 0.833. The molecule has 0 radical (unpaired) electrons. The number of hydrogen-bond acceptors (Lipinski definition) is 4. The summed E-state index contributed by atoms with van der Waals surface area (Å²) in [6, 6.07) is 3.42. The standard InChI is InChI=1S/C12H18BrFN2O2/c1-16(6-9(17)7-18-2)10-4-3-8(5-15)11(13)12(10)14/h3-4,9,17H,5-7,15H2,1-2H3. The fourth-order valence-electron chi connectivity index (χ4n) is 1.69. The van der Waals surface area contributed by atoms with E-state index in [1.54, 1.807) is 24.1 Å². The van der Waals surface area contributed by atoms with E-state index in [9.17, 15) is 9.50 Å². The number of benzene rings is 1. The molecule has 0 aromatic heterocycles. The minimum absolute atomic E-state index is 0.216. The van der Waals surface area contributed by atoms with Crippen LogP contribution in [-0.2, 0) is 11.3 Å². The first kappa shape index (κ1) is 15.4. The summed E-state index contributed by atoms with van der Waals surface area (Å²) in [7, 11) is 3.22. The Kier molecular flexibility index (Phi) is 6.01. The second-order valence-corrected chi connectivity index (χ2v) is 4.86.